The summed E-state index contributed by atoms with van der Waals surface area (Å²) >= 11 is 6.60. The van der Waals surface area contributed by atoms with Crippen molar-refractivity contribution < 1.29 is 27.1 Å². The number of unbranched alkanes of at least 4 members (excludes halogenated alkanes) is 1. The van der Waals surface area contributed by atoms with Crippen LogP contribution in [0.25, 0.3) is 5.57 Å². The Bertz CT molecular complexity index is 1980. The highest BCUT2D eigenvalue weighted by atomic mass is 35.5. The minimum atomic E-state index is -4.08. The Morgan fingerprint density at radius 2 is 1.82 bits per heavy atom. The van der Waals surface area contributed by atoms with E-state index in [1.165, 1.54) is 0 Å². The van der Waals surface area contributed by atoms with Crippen molar-refractivity contribution in [2.75, 3.05) is 23.8 Å². The van der Waals surface area contributed by atoms with Crippen molar-refractivity contribution in [1.29, 1.82) is 0 Å². The van der Waals surface area contributed by atoms with Crippen molar-refractivity contribution in [3.05, 3.63) is 118 Å². The first-order chi connectivity index (χ1) is 23.8. The van der Waals surface area contributed by atoms with Gasteiger partial charge in [0.05, 0.1) is 34.9 Å². The van der Waals surface area contributed by atoms with Gasteiger partial charge in [0.25, 0.3) is 16.6 Å². The van der Waals surface area contributed by atoms with Gasteiger partial charge in [-0.2, -0.15) is 8.42 Å². The van der Waals surface area contributed by atoms with Crippen molar-refractivity contribution in [2.45, 2.75) is 77.7 Å². The summed E-state index contributed by atoms with van der Waals surface area (Å²) in [6, 6.07) is 18.4. The molecule has 10 heteroatoms. The number of rotatable bonds is 15. The average molecular weight is 717 g/mol. The number of aliphatic imine (C=N–C) groups is 1. The Labute approximate surface area is 301 Å². The fourth-order valence-corrected chi connectivity index (χ4v) is 7.55. The number of benzene rings is 2. The molecule has 3 heterocycles. The van der Waals surface area contributed by atoms with E-state index in [4.69, 9.17) is 21.3 Å². The molecule has 3 aromatic rings. The summed E-state index contributed by atoms with van der Waals surface area (Å²) in [4.78, 5) is 18.1. The van der Waals surface area contributed by atoms with E-state index in [2.05, 4.69) is 92.7 Å². The van der Waals surface area contributed by atoms with Crippen LogP contribution in [-0.2, 0) is 43.4 Å². The van der Waals surface area contributed by atoms with Crippen molar-refractivity contribution in [2.24, 2.45) is 4.99 Å². The Morgan fingerprint density at radius 1 is 1.04 bits per heavy atom. The van der Waals surface area contributed by atoms with Crippen LogP contribution in [-0.4, -0.2) is 44.1 Å². The molecule has 2 aliphatic heterocycles. The van der Waals surface area contributed by atoms with Crippen LogP contribution in [0.1, 0.15) is 76.1 Å². The highest BCUT2D eigenvalue weighted by Gasteiger charge is 2.43. The Morgan fingerprint density at radius 3 is 2.56 bits per heavy atom. The number of anilines is 1. The molecule has 0 radical (unpaired) electrons. The number of nitrogens with zero attached hydrogens (tertiary/aromatic N) is 3. The van der Waals surface area contributed by atoms with Crippen LogP contribution in [0.4, 0.5) is 11.5 Å². The van der Waals surface area contributed by atoms with Gasteiger partial charge in [-0.25, -0.2) is 4.57 Å². The number of ether oxygens (including phenoxy) is 1. The third kappa shape index (κ3) is 8.28. The van der Waals surface area contributed by atoms with Gasteiger partial charge in [0.15, 0.2) is 5.71 Å². The summed E-state index contributed by atoms with van der Waals surface area (Å²) in [5.41, 5.74) is 7.45. The summed E-state index contributed by atoms with van der Waals surface area (Å²) in [7, 11) is -4.08. The molecule has 0 aliphatic carbocycles. The number of aryl methyl sites for hydroxylation is 1. The minimum absolute atomic E-state index is 0.277. The summed E-state index contributed by atoms with van der Waals surface area (Å²) in [6.07, 6.45) is 13.3. The monoisotopic (exact) mass is 716 g/mol. The molecule has 0 fully saturated rings. The van der Waals surface area contributed by atoms with Gasteiger partial charge in [-0.3, -0.25) is 9.35 Å². The van der Waals surface area contributed by atoms with Crippen LogP contribution in [0.15, 0.2) is 95.8 Å². The lowest BCUT2D eigenvalue weighted by Crippen LogP contribution is -2.35. The zero-order chi connectivity index (χ0) is 36.1. The number of pyridine rings is 1. The van der Waals surface area contributed by atoms with E-state index in [1.807, 2.05) is 36.5 Å². The van der Waals surface area contributed by atoms with Crippen molar-refractivity contribution in [3.8, 4) is 0 Å². The second-order valence-corrected chi connectivity index (χ2v) is 15.9. The maximum atomic E-state index is 11.6. The quantitative estimate of drug-likeness (QED) is 0.0561. The molecule has 2 aliphatic rings. The average Bonchev–Trinajstić information content (AvgIpc) is 3.44. The van der Waals surface area contributed by atoms with Crippen LogP contribution in [0.2, 0.25) is 5.02 Å². The third-order valence-corrected chi connectivity index (χ3v) is 10.6. The normalized spacial score (nSPS) is 17.3. The second-order valence-electron chi connectivity index (χ2n) is 13.9. The molecule has 1 N–H and O–H groups in total. The Kier molecular flexibility index (Phi) is 11.5. The van der Waals surface area contributed by atoms with Gasteiger partial charge >= 0.3 is 5.82 Å². The van der Waals surface area contributed by atoms with Gasteiger partial charge in [0.2, 0.25) is 0 Å². The highest BCUT2D eigenvalue weighted by molar-refractivity contribution is 7.85. The van der Waals surface area contributed by atoms with Crippen molar-refractivity contribution >= 4 is 51.0 Å². The summed E-state index contributed by atoms with van der Waals surface area (Å²) < 4.78 is 39.7. The number of aromatic nitrogens is 1. The first-order valence-electron chi connectivity index (χ1n) is 17.2. The molecule has 0 atom stereocenters. The standard InChI is InChI=1S/C40H46ClN3O5S/c1-6-7-21-43-27-32(41)26-34-38(43)42-36(39(34,2)3)18-16-30(31-13-10-12-29(25-31)20-23-49-28-45)17-19-37-40(4,5)33-14-8-9-15-35(33)44(37)22-11-24-50(46,47)48/h8-10,12-19,25-28H,6-7,11,20-24H2,1-5H3/p+1. The molecule has 0 spiro atoms. The summed E-state index contributed by atoms with van der Waals surface area (Å²) in [6.45, 7) is 12.9. The maximum absolute atomic E-state index is 11.6. The largest absolute Gasteiger partial charge is 0.468 e. The number of carbonyl (C=O) groups is 1. The fourth-order valence-electron chi connectivity index (χ4n) is 6.83. The number of halogens is 1. The third-order valence-electron chi connectivity index (χ3n) is 9.63. The molecule has 5 rings (SSSR count). The zero-order valence-electron chi connectivity index (χ0n) is 29.5. The highest BCUT2D eigenvalue weighted by Crippen LogP contribution is 2.48. The maximum Gasteiger partial charge on any atom is 0.327 e. The van der Waals surface area contributed by atoms with E-state index >= 15 is 0 Å². The SMILES string of the molecule is CCCC[n+]1cc(Cl)cc2c1N=C(/C=C/C(=C/C=C1/N(CCCS(=O)(=O)O)c3ccccc3C1(C)C)c1cccc(CCOC=O)c1)C2(C)C. The van der Waals surface area contributed by atoms with Crippen LogP contribution in [0, 0.1) is 0 Å². The number of carbonyl (C=O) groups excluding carboxylic acids is 1. The smallest absolute Gasteiger partial charge is 0.327 e. The molecule has 0 saturated heterocycles. The van der Waals surface area contributed by atoms with Crippen LogP contribution in [0.3, 0.4) is 0 Å². The van der Waals surface area contributed by atoms with Crippen LogP contribution in [0.5, 0.6) is 0 Å². The van der Waals surface area contributed by atoms with E-state index in [9.17, 15) is 17.8 Å². The molecule has 1 aromatic heterocycles. The molecule has 264 valence electrons. The molecule has 0 bridgehead atoms. The van der Waals surface area contributed by atoms with Crippen molar-refractivity contribution in [3.63, 3.8) is 0 Å². The molecule has 50 heavy (non-hydrogen) atoms. The molecule has 0 unspecified atom stereocenters. The second kappa shape index (κ2) is 15.5. The molecular weight excluding hydrogens is 670 g/mol. The first-order valence-corrected chi connectivity index (χ1v) is 19.1. The van der Waals surface area contributed by atoms with Gasteiger partial charge in [0, 0.05) is 29.8 Å². The predicted molar refractivity (Wildman–Crippen MR) is 202 cm³/mol. The number of hydrogen-bond donors (Lipinski definition) is 1. The number of hydrogen-bond acceptors (Lipinski definition) is 6. The summed E-state index contributed by atoms with van der Waals surface area (Å²) in [5.74, 6) is 0.622. The van der Waals surface area contributed by atoms with Crippen LogP contribution < -0.4 is 9.47 Å². The van der Waals surface area contributed by atoms with E-state index < -0.39 is 10.1 Å². The zero-order valence-corrected chi connectivity index (χ0v) is 31.1. The number of para-hydroxylation sites is 1. The Balaban J connectivity index is 1.59. The fraction of sp³-hybridized carbons (Fsp3) is 0.375. The van der Waals surface area contributed by atoms with E-state index in [1.54, 1.807) is 0 Å². The molecule has 2 aromatic carbocycles. The molecule has 8 nitrogen and oxygen atoms in total. The molecular formula is C40H47ClN3O5S+. The lowest BCUT2D eigenvalue weighted by atomic mass is 9.81. The van der Waals surface area contributed by atoms with Gasteiger partial charge in [-0.1, -0.05) is 93.4 Å². The molecule has 0 saturated carbocycles. The summed E-state index contributed by atoms with van der Waals surface area (Å²) in [5, 5.41) is 0.692. The lowest BCUT2D eigenvalue weighted by molar-refractivity contribution is -0.684. The Hall–Kier alpha value is -4.05. The number of allylic oxidation sites excluding steroid dienone is 6. The van der Waals surface area contributed by atoms with Crippen molar-refractivity contribution in [1.82, 2.24) is 0 Å². The topological polar surface area (TPSA) is 100 Å². The van der Waals surface area contributed by atoms with Crippen LogP contribution >= 0.6 is 11.6 Å². The van der Waals surface area contributed by atoms with E-state index in [0.717, 1.165) is 70.1 Å². The predicted octanol–water partition coefficient (Wildman–Crippen LogP) is 8.11. The van der Waals surface area contributed by atoms with E-state index in [0.29, 0.717) is 31.1 Å². The molecule has 0 amide bonds. The minimum Gasteiger partial charge on any atom is -0.468 e. The van der Waals surface area contributed by atoms with Gasteiger partial charge in [0.1, 0.15) is 6.20 Å². The first kappa shape index (κ1) is 37.2. The lowest BCUT2D eigenvalue weighted by Gasteiger charge is -2.27. The van der Waals surface area contributed by atoms with Gasteiger partial charge < -0.3 is 9.64 Å². The van der Waals surface area contributed by atoms with E-state index in [-0.39, 0.29) is 23.0 Å². The van der Waals surface area contributed by atoms with Gasteiger partial charge in [-0.05, 0) is 78.2 Å². The number of fused-ring (bicyclic) bond motifs is 2. The van der Waals surface area contributed by atoms with Gasteiger partial charge in [-0.15, -0.1) is 0 Å².